The number of nitrogens with one attached hydrogen (secondary N) is 2. The van der Waals surface area contributed by atoms with Gasteiger partial charge in [-0.05, 0) is 43.2 Å². The second kappa shape index (κ2) is 8.20. The fourth-order valence-corrected chi connectivity index (χ4v) is 4.30. The van der Waals surface area contributed by atoms with Crippen LogP contribution in [0.25, 0.3) is 0 Å². The number of rotatable bonds is 7. The molecular formula is C20H30N3O2S+. The van der Waals surface area contributed by atoms with Gasteiger partial charge in [0.15, 0.2) is 0 Å². The zero-order chi connectivity index (χ0) is 19.5. The maximum absolute atomic E-state index is 12.8. The molecule has 5 nitrogen and oxygen atoms in total. The van der Waals surface area contributed by atoms with Gasteiger partial charge in [-0.3, -0.25) is 0 Å². The lowest BCUT2D eigenvalue weighted by Crippen LogP contribution is -3.07. The Morgan fingerprint density at radius 2 is 1.65 bits per heavy atom. The van der Waals surface area contributed by atoms with E-state index in [1.807, 2.05) is 59.1 Å². The molecule has 0 fully saturated rings. The molecule has 0 aliphatic heterocycles. The molecule has 26 heavy (non-hydrogen) atoms. The van der Waals surface area contributed by atoms with Crippen molar-refractivity contribution >= 4 is 15.7 Å². The minimum absolute atomic E-state index is 0.0334. The van der Waals surface area contributed by atoms with Crippen LogP contribution in [-0.4, -0.2) is 43.2 Å². The van der Waals surface area contributed by atoms with Gasteiger partial charge in [0.1, 0.15) is 6.04 Å². The van der Waals surface area contributed by atoms with Crippen molar-refractivity contribution in [1.82, 2.24) is 4.72 Å². The predicted molar refractivity (Wildman–Crippen MR) is 107 cm³/mol. The van der Waals surface area contributed by atoms with Crippen molar-refractivity contribution in [2.45, 2.75) is 24.8 Å². The van der Waals surface area contributed by atoms with Gasteiger partial charge in [0, 0.05) is 25.3 Å². The fraction of sp³-hybridized carbons (Fsp3) is 0.400. The van der Waals surface area contributed by atoms with Gasteiger partial charge < -0.3 is 9.80 Å². The van der Waals surface area contributed by atoms with Gasteiger partial charge in [0.25, 0.3) is 0 Å². The predicted octanol–water partition coefficient (Wildman–Crippen LogP) is 1.53. The fourth-order valence-electron chi connectivity index (χ4n) is 2.93. The van der Waals surface area contributed by atoms with Crippen LogP contribution in [0.15, 0.2) is 47.4 Å². The van der Waals surface area contributed by atoms with E-state index in [1.165, 1.54) is 4.90 Å². The molecule has 0 amide bonds. The Hall–Kier alpha value is -1.89. The SMILES string of the molecule is Cc1ccc(C)c(S(=O)(=O)NC[C@@H](c2ccc(N(C)C)cc2)[NH+](C)C)c1. The largest absolute Gasteiger partial charge is 0.378 e. The van der Waals surface area contributed by atoms with Crippen LogP contribution in [0.4, 0.5) is 5.69 Å². The first-order valence-corrected chi connectivity index (χ1v) is 10.2. The lowest BCUT2D eigenvalue weighted by atomic mass is 10.1. The quantitative estimate of drug-likeness (QED) is 0.771. The second-order valence-electron chi connectivity index (χ2n) is 7.24. The van der Waals surface area contributed by atoms with Crippen molar-refractivity contribution in [3.8, 4) is 0 Å². The number of hydrogen-bond donors (Lipinski definition) is 2. The maximum atomic E-state index is 12.8. The van der Waals surface area contributed by atoms with E-state index in [4.69, 9.17) is 0 Å². The molecule has 0 saturated heterocycles. The Labute approximate surface area is 157 Å². The number of sulfonamides is 1. The Bertz CT molecular complexity index is 844. The minimum atomic E-state index is -3.54. The van der Waals surface area contributed by atoms with Crippen LogP contribution in [0.2, 0.25) is 0 Å². The van der Waals surface area contributed by atoms with E-state index in [0.717, 1.165) is 22.4 Å². The summed E-state index contributed by atoms with van der Waals surface area (Å²) in [5.41, 5.74) is 3.92. The molecule has 0 radical (unpaired) electrons. The highest BCUT2D eigenvalue weighted by molar-refractivity contribution is 7.89. The molecule has 0 spiro atoms. The summed E-state index contributed by atoms with van der Waals surface area (Å²) in [6.45, 7) is 4.07. The highest BCUT2D eigenvalue weighted by Gasteiger charge is 2.23. The second-order valence-corrected chi connectivity index (χ2v) is 8.97. The molecular weight excluding hydrogens is 346 g/mol. The van der Waals surface area contributed by atoms with Gasteiger partial charge in [0.2, 0.25) is 10.0 Å². The van der Waals surface area contributed by atoms with Crippen LogP contribution in [0.3, 0.4) is 0 Å². The maximum Gasteiger partial charge on any atom is 0.241 e. The number of quaternary nitrogens is 1. The highest BCUT2D eigenvalue weighted by atomic mass is 32.2. The molecule has 2 N–H and O–H groups in total. The third-order valence-corrected chi connectivity index (χ3v) is 6.18. The summed E-state index contributed by atoms with van der Waals surface area (Å²) in [5.74, 6) is 0. The average molecular weight is 377 g/mol. The molecule has 0 aromatic heterocycles. The third kappa shape index (κ3) is 4.84. The van der Waals surface area contributed by atoms with Crippen molar-refractivity contribution in [3.05, 3.63) is 59.2 Å². The topological polar surface area (TPSA) is 53.9 Å². The molecule has 142 valence electrons. The van der Waals surface area contributed by atoms with Crippen molar-refractivity contribution in [2.75, 3.05) is 39.6 Å². The molecule has 6 heteroatoms. The lowest BCUT2D eigenvalue weighted by molar-refractivity contribution is -0.890. The number of aryl methyl sites for hydroxylation is 2. The normalized spacial score (nSPS) is 13.0. The first-order valence-electron chi connectivity index (χ1n) is 8.76. The van der Waals surface area contributed by atoms with Gasteiger partial charge in [-0.1, -0.05) is 24.3 Å². The number of likely N-dealkylation sites (N-methyl/N-ethyl adjacent to an activating group) is 1. The molecule has 0 aliphatic rings. The molecule has 0 bridgehead atoms. The summed E-state index contributed by atoms with van der Waals surface area (Å²) < 4.78 is 28.4. The first kappa shape index (κ1) is 20.4. The number of anilines is 1. The smallest absolute Gasteiger partial charge is 0.241 e. The summed E-state index contributed by atoms with van der Waals surface area (Å²) in [7, 11) is 4.54. The van der Waals surface area contributed by atoms with Crippen molar-refractivity contribution < 1.29 is 13.3 Å². The van der Waals surface area contributed by atoms with Crippen molar-refractivity contribution in [2.24, 2.45) is 0 Å². The Kier molecular flexibility index (Phi) is 6.44. The highest BCUT2D eigenvalue weighted by Crippen LogP contribution is 2.19. The van der Waals surface area contributed by atoms with Gasteiger partial charge in [-0.15, -0.1) is 0 Å². The number of nitrogens with zero attached hydrogens (tertiary/aromatic N) is 1. The Morgan fingerprint density at radius 1 is 1.04 bits per heavy atom. The van der Waals surface area contributed by atoms with Gasteiger partial charge in [0.05, 0.1) is 25.5 Å². The van der Waals surface area contributed by atoms with E-state index >= 15 is 0 Å². The average Bonchev–Trinajstić information content (AvgIpc) is 2.57. The van der Waals surface area contributed by atoms with Crippen LogP contribution in [0.5, 0.6) is 0 Å². The molecule has 2 aromatic rings. The molecule has 0 heterocycles. The van der Waals surface area contributed by atoms with E-state index < -0.39 is 10.0 Å². The van der Waals surface area contributed by atoms with Crippen molar-refractivity contribution in [3.63, 3.8) is 0 Å². The summed E-state index contributed by atoms with van der Waals surface area (Å²) >= 11 is 0. The van der Waals surface area contributed by atoms with Crippen molar-refractivity contribution in [1.29, 1.82) is 0 Å². The summed E-state index contributed by atoms with van der Waals surface area (Å²) in [6.07, 6.45) is 0. The molecule has 0 unspecified atom stereocenters. The molecule has 0 aliphatic carbocycles. The van der Waals surface area contributed by atoms with Crippen LogP contribution in [-0.2, 0) is 10.0 Å². The molecule has 2 aromatic carbocycles. The molecule has 2 rings (SSSR count). The number of benzene rings is 2. The van der Waals surface area contributed by atoms with Gasteiger partial charge in [-0.2, -0.15) is 0 Å². The van der Waals surface area contributed by atoms with Crippen LogP contribution < -0.4 is 14.5 Å². The Balaban J connectivity index is 2.21. The monoisotopic (exact) mass is 376 g/mol. The lowest BCUT2D eigenvalue weighted by Gasteiger charge is -2.23. The summed E-state index contributed by atoms with van der Waals surface area (Å²) in [6, 6.07) is 13.8. The number of hydrogen-bond acceptors (Lipinski definition) is 3. The minimum Gasteiger partial charge on any atom is -0.378 e. The Morgan fingerprint density at radius 3 is 2.19 bits per heavy atom. The third-order valence-electron chi connectivity index (χ3n) is 4.62. The van der Waals surface area contributed by atoms with Crippen LogP contribution in [0.1, 0.15) is 22.7 Å². The van der Waals surface area contributed by atoms with E-state index in [0.29, 0.717) is 11.4 Å². The zero-order valence-electron chi connectivity index (χ0n) is 16.5. The van der Waals surface area contributed by atoms with Crippen LogP contribution in [0, 0.1) is 13.8 Å². The standard InChI is InChI=1S/C20H29N3O2S/c1-15-7-8-16(2)20(13-15)26(24,25)21-14-19(23(5)6)17-9-11-18(12-10-17)22(3)4/h7-13,19,21H,14H2,1-6H3/p+1/t19-/m0/s1. The van der Waals surface area contributed by atoms with E-state index in [-0.39, 0.29) is 6.04 Å². The van der Waals surface area contributed by atoms with Gasteiger partial charge in [-0.25, -0.2) is 13.1 Å². The first-order chi connectivity index (χ1) is 12.1. The van der Waals surface area contributed by atoms with Gasteiger partial charge >= 0.3 is 0 Å². The van der Waals surface area contributed by atoms with E-state index in [1.54, 1.807) is 6.07 Å². The summed E-state index contributed by atoms with van der Waals surface area (Å²) in [4.78, 5) is 3.57. The van der Waals surface area contributed by atoms with Crippen LogP contribution >= 0.6 is 0 Å². The molecule has 0 saturated carbocycles. The zero-order valence-corrected chi connectivity index (χ0v) is 17.3. The van der Waals surface area contributed by atoms with E-state index in [2.05, 4.69) is 29.0 Å². The molecule has 1 atom stereocenters. The summed E-state index contributed by atoms with van der Waals surface area (Å²) in [5, 5.41) is 0. The van der Waals surface area contributed by atoms with E-state index in [9.17, 15) is 8.42 Å².